The third-order valence-electron chi connectivity index (χ3n) is 2.96. The van der Waals surface area contributed by atoms with Gasteiger partial charge in [0.05, 0.1) is 0 Å². The lowest BCUT2D eigenvalue weighted by molar-refractivity contribution is 0.220. The fourth-order valence-electron chi connectivity index (χ4n) is 2.21. The van der Waals surface area contributed by atoms with Gasteiger partial charge in [0.25, 0.3) is 0 Å². The standard InChI is InChI=1S/C11H17N3O2S/c1-9-6-13-7-10(2)14(9)17(15,16)11-4-3-5-12-8-11/h3-5,8-10,13H,6-7H2,1-2H3. The molecule has 6 heteroatoms. The van der Waals surface area contributed by atoms with E-state index in [1.54, 1.807) is 22.6 Å². The number of hydrogen-bond donors (Lipinski definition) is 1. The molecule has 94 valence electrons. The van der Waals surface area contributed by atoms with Gasteiger partial charge in [0.15, 0.2) is 0 Å². The minimum Gasteiger partial charge on any atom is -0.314 e. The van der Waals surface area contributed by atoms with Crippen LogP contribution in [0.15, 0.2) is 29.4 Å². The van der Waals surface area contributed by atoms with Gasteiger partial charge in [0.1, 0.15) is 4.90 Å². The number of nitrogens with zero attached hydrogens (tertiary/aromatic N) is 2. The molecule has 1 saturated heterocycles. The van der Waals surface area contributed by atoms with Crippen molar-refractivity contribution in [1.82, 2.24) is 14.6 Å². The van der Waals surface area contributed by atoms with Crippen molar-refractivity contribution in [2.75, 3.05) is 13.1 Å². The molecule has 0 aliphatic carbocycles. The second kappa shape index (κ2) is 4.72. The predicted octanol–water partition coefficient (Wildman–Crippen LogP) is 0.452. The summed E-state index contributed by atoms with van der Waals surface area (Å²) in [4.78, 5) is 4.14. The van der Waals surface area contributed by atoms with Gasteiger partial charge in [-0.25, -0.2) is 8.42 Å². The Morgan fingerprint density at radius 1 is 1.35 bits per heavy atom. The summed E-state index contributed by atoms with van der Waals surface area (Å²) in [6.45, 7) is 5.20. The Morgan fingerprint density at radius 3 is 2.53 bits per heavy atom. The molecule has 1 aliphatic rings. The van der Waals surface area contributed by atoms with E-state index >= 15 is 0 Å². The maximum Gasteiger partial charge on any atom is 0.245 e. The van der Waals surface area contributed by atoms with Gasteiger partial charge in [-0.05, 0) is 26.0 Å². The first-order chi connectivity index (χ1) is 8.03. The van der Waals surface area contributed by atoms with Crippen LogP contribution in [-0.2, 0) is 10.0 Å². The number of piperazine rings is 1. The molecular weight excluding hydrogens is 238 g/mol. The largest absolute Gasteiger partial charge is 0.314 e. The van der Waals surface area contributed by atoms with Crippen LogP contribution < -0.4 is 5.32 Å². The van der Waals surface area contributed by atoms with Crippen molar-refractivity contribution in [3.05, 3.63) is 24.5 Å². The van der Waals surface area contributed by atoms with Crippen LogP contribution in [0.3, 0.4) is 0 Å². The van der Waals surface area contributed by atoms with Crippen LogP contribution in [0, 0.1) is 0 Å². The first kappa shape index (κ1) is 12.5. The van der Waals surface area contributed by atoms with Crippen LogP contribution in [0.4, 0.5) is 0 Å². The minimum atomic E-state index is -3.43. The Bertz CT molecular complexity index is 465. The number of pyridine rings is 1. The van der Waals surface area contributed by atoms with Gasteiger partial charge in [0, 0.05) is 37.6 Å². The van der Waals surface area contributed by atoms with Gasteiger partial charge >= 0.3 is 0 Å². The van der Waals surface area contributed by atoms with E-state index in [1.165, 1.54) is 6.20 Å². The molecule has 2 unspecified atom stereocenters. The SMILES string of the molecule is CC1CNCC(C)N1S(=O)(=O)c1cccnc1. The molecule has 0 bridgehead atoms. The molecule has 17 heavy (non-hydrogen) atoms. The Hall–Kier alpha value is -0.980. The molecule has 1 aromatic heterocycles. The predicted molar refractivity (Wildman–Crippen MR) is 65.1 cm³/mol. The van der Waals surface area contributed by atoms with Crippen LogP contribution in [0.5, 0.6) is 0 Å². The number of sulfonamides is 1. The first-order valence-electron chi connectivity index (χ1n) is 5.68. The van der Waals surface area contributed by atoms with E-state index in [2.05, 4.69) is 10.3 Å². The Labute approximate surface area is 102 Å². The van der Waals surface area contributed by atoms with Gasteiger partial charge < -0.3 is 5.32 Å². The quantitative estimate of drug-likeness (QED) is 0.833. The van der Waals surface area contributed by atoms with Crippen LogP contribution in [-0.4, -0.2) is 42.9 Å². The summed E-state index contributed by atoms with van der Waals surface area (Å²) in [5.74, 6) is 0. The minimum absolute atomic E-state index is 0.0380. The molecule has 1 fully saturated rings. The highest BCUT2D eigenvalue weighted by Gasteiger charge is 2.35. The highest BCUT2D eigenvalue weighted by molar-refractivity contribution is 7.89. The monoisotopic (exact) mass is 255 g/mol. The summed E-state index contributed by atoms with van der Waals surface area (Å²) < 4.78 is 26.5. The zero-order chi connectivity index (χ0) is 12.5. The molecule has 5 nitrogen and oxygen atoms in total. The van der Waals surface area contributed by atoms with Crippen LogP contribution in [0.2, 0.25) is 0 Å². The van der Waals surface area contributed by atoms with E-state index in [1.807, 2.05) is 13.8 Å². The molecule has 0 radical (unpaired) electrons. The number of rotatable bonds is 2. The third kappa shape index (κ3) is 2.34. The fraction of sp³-hybridized carbons (Fsp3) is 0.545. The molecule has 0 amide bonds. The lowest BCUT2D eigenvalue weighted by Crippen LogP contribution is -2.57. The average molecular weight is 255 g/mol. The highest BCUT2D eigenvalue weighted by atomic mass is 32.2. The number of nitrogens with one attached hydrogen (secondary N) is 1. The molecule has 2 atom stereocenters. The van der Waals surface area contributed by atoms with Crippen LogP contribution in [0.1, 0.15) is 13.8 Å². The second-order valence-electron chi connectivity index (χ2n) is 4.38. The Balaban J connectivity index is 2.38. The molecule has 2 heterocycles. The van der Waals surface area contributed by atoms with Crippen molar-refractivity contribution < 1.29 is 8.42 Å². The number of aromatic nitrogens is 1. The molecule has 1 N–H and O–H groups in total. The van der Waals surface area contributed by atoms with Crippen molar-refractivity contribution in [2.45, 2.75) is 30.8 Å². The summed E-state index contributed by atoms with van der Waals surface area (Å²) in [7, 11) is -3.43. The van der Waals surface area contributed by atoms with Crippen molar-refractivity contribution in [1.29, 1.82) is 0 Å². The van der Waals surface area contributed by atoms with E-state index in [9.17, 15) is 8.42 Å². The third-order valence-corrected chi connectivity index (χ3v) is 5.07. The molecule has 1 aromatic rings. The summed E-state index contributed by atoms with van der Waals surface area (Å²) in [5.41, 5.74) is 0. The van der Waals surface area contributed by atoms with Crippen molar-refractivity contribution in [3.8, 4) is 0 Å². The summed E-state index contributed by atoms with van der Waals surface area (Å²) >= 11 is 0. The van der Waals surface area contributed by atoms with Crippen LogP contribution >= 0.6 is 0 Å². The molecule has 2 rings (SSSR count). The van der Waals surface area contributed by atoms with E-state index in [0.29, 0.717) is 13.1 Å². The van der Waals surface area contributed by atoms with Gasteiger partial charge in [-0.15, -0.1) is 0 Å². The van der Waals surface area contributed by atoms with Gasteiger partial charge in [-0.1, -0.05) is 0 Å². The summed E-state index contributed by atoms with van der Waals surface area (Å²) in [6, 6.07) is 3.15. The van der Waals surface area contributed by atoms with Crippen molar-refractivity contribution >= 4 is 10.0 Å². The second-order valence-corrected chi connectivity index (χ2v) is 6.22. The zero-order valence-corrected chi connectivity index (χ0v) is 10.8. The maximum absolute atomic E-state index is 12.5. The van der Waals surface area contributed by atoms with Gasteiger partial charge in [0.2, 0.25) is 10.0 Å². The lowest BCUT2D eigenvalue weighted by atomic mass is 10.2. The topological polar surface area (TPSA) is 62.3 Å². The van der Waals surface area contributed by atoms with E-state index in [-0.39, 0.29) is 17.0 Å². The normalized spacial score (nSPS) is 26.9. The Morgan fingerprint density at radius 2 is 2.00 bits per heavy atom. The average Bonchev–Trinajstić information content (AvgIpc) is 2.29. The van der Waals surface area contributed by atoms with E-state index in [0.717, 1.165) is 0 Å². The molecule has 0 saturated carbocycles. The maximum atomic E-state index is 12.5. The summed E-state index contributed by atoms with van der Waals surface area (Å²) in [5, 5.41) is 3.22. The Kier molecular flexibility index (Phi) is 3.46. The molecular formula is C11H17N3O2S. The van der Waals surface area contributed by atoms with Gasteiger partial charge in [-0.2, -0.15) is 4.31 Å². The smallest absolute Gasteiger partial charge is 0.245 e. The number of hydrogen-bond acceptors (Lipinski definition) is 4. The lowest BCUT2D eigenvalue weighted by Gasteiger charge is -2.38. The van der Waals surface area contributed by atoms with E-state index in [4.69, 9.17) is 0 Å². The summed E-state index contributed by atoms with van der Waals surface area (Å²) in [6.07, 6.45) is 2.97. The molecule has 0 spiro atoms. The van der Waals surface area contributed by atoms with Crippen molar-refractivity contribution in [3.63, 3.8) is 0 Å². The van der Waals surface area contributed by atoms with Gasteiger partial charge in [-0.3, -0.25) is 4.98 Å². The van der Waals surface area contributed by atoms with E-state index < -0.39 is 10.0 Å². The van der Waals surface area contributed by atoms with Crippen LogP contribution in [0.25, 0.3) is 0 Å². The van der Waals surface area contributed by atoms with Crippen molar-refractivity contribution in [2.24, 2.45) is 0 Å². The first-order valence-corrected chi connectivity index (χ1v) is 7.12. The zero-order valence-electron chi connectivity index (χ0n) is 10.00. The highest BCUT2D eigenvalue weighted by Crippen LogP contribution is 2.21. The molecule has 0 aromatic carbocycles. The fourth-order valence-corrected chi connectivity index (χ4v) is 4.00. The molecule has 1 aliphatic heterocycles.